The summed E-state index contributed by atoms with van der Waals surface area (Å²) in [5.41, 5.74) is 4.56. The van der Waals surface area contributed by atoms with Crippen molar-refractivity contribution in [3.63, 3.8) is 0 Å². The van der Waals surface area contributed by atoms with Crippen molar-refractivity contribution in [3.8, 4) is 17.6 Å². The monoisotopic (exact) mass is 444 g/mol. The van der Waals surface area contributed by atoms with Crippen molar-refractivity contribution in [2.75, 3.05) is 42.4 Å². The number of nitriles is 1. The number of para-hydroxylation sites is 1. The fourth-order valence-corrected chi connectivity index (χ4v) is 3.34. The van der Waals surface area contributed by atoms with E-state index >= 15 is 0 Å². The van der Waals surface area contributed by atoms with Crippen molar-refractivity contribution in [2.45, 2.75) is 12.8 Å². The zero-order valence-corrected chi connectivity index (χ0v) is 18.2. The summed E-state index contributed by atoms with van der Waals surface area (Å²) in [5.74, 6) is 2.40. The van der Waals surface area contributed by atoms with Crippen molar-refractivity contribution in [2.24, 2.45) is 5.10 Å². The molecule has 0 bridgehead atoms. The Kier molecular flexibility index (Phi) is 7.12. The van der Waals surface area contributed by atoms with E-state index in [4.69, 9.17) is 14.7 Å². The first-order chi connectivity index (χ1) is 16.2. The van der Waals surface area contributed by atoms with Crippen molar-refractivity contribution >= 4 is 29.7 Å². The number of aromatic nitrogens is 3. The normalized spacial score (nSPS) is 13.0. The third-order valence-corrected chi connectivity index (χ3v) is 4.90. The first-order valence-electron chi connectivity index (χ1n) is 10.5. The molecule has 3 aromatic rings. The van der Waals surface area contributed by atoms with Gasteiger partial charge in [0.05, 0.1) is 13.3 Å². The lowest BCUT2D eigenvalue weighted by atomic mass is 10.2. The zero-order chi connectivity index (χ0) is 22.9. The van der Waals surface area contributed by atoms with E-state index in [1.807, 2.05) is 42.5 Å². The Morgan fingerprint density at radius 2 is 1.85 bits per heavy atom. The summed E-state index contributed by atoms with van der Waals surface area (Å²) in [6.45, 7) is 1.78. The Morgan fingerprint density at radius 3 is 2.61 bits per heavy atom. The van der Waals surface area contributed by atoms with Crippen LogP contribution >= 0.6 is 0 Å². The van der Waals surface area contributed by atoms with Gasteiger partial charge in [0, 0.05) is 18.8 Å². The SMILES string of the molecule is COc1cc(/C=N\Nc2nc(Nc3ccccc3)nc(N3CCCC3)n2)ccc1OCC#N. The minimum atomic E-state index is -0.0521. The number of nitrogens with one attached hydrogen (secondary N) is 2. The number of hydrazone groups is 1. The van der Waals surface area contributed by atoms with E-state index < -0.39 is 0 Å². The minimum absolute atomic E-state index is 0.0521. The Bertz CT molecular complexity index is 1140. The second kappa shape index (κ2) is 10.8. The average molecular weight is 444 g/mol. The van der Waals surface area contributed by atoms with E-state index in [0.717, 1.165) is 37.2 Å². The average Bonchev–Trinajstić information content (AvgIpc) is 3.39. The van der Waals surface area contributed by atoms with Crippen molar-refractivity contribution in [1.82, 2.24) is 15.0 Å². The number of nitrogens with zero attached hydrogens (tertiary/aromatic N) is 6. The van der Waals surface area contributed by atoms with Crippen LogP contribution in [0.4, 0.5) is 23.5 Å². The highest BCUT2D eigenvalue weighted by atomic mass is 16.5. The number of methoxy groups -OCH3 is 1. The van der Waals surface area contributed by atoms with E-state index in [1.54, 1.807) is 25.5 Å². The first-order valence-corrected chi connectivity index (χ1v) is 10.5. The number of ether oxygens (including phenoxy) is 2. The summed E-state index contributed by atoms with van der Waals surface area (Å²) in [6.07, 6.45) is 3.86. The van der Waals surface area contributed by atoms with Crippen molar-refractivity contribution in [1.29, 1.82) is 5.26 Å². The summed E-state index contributed by atoms with van der Waals surface area (Å²) in [5, 5.41) is 16.2. The van der Waals surface area contributed by atoms with Crippen LogP contribution in [-0.2, 0) is 0 Å². The molecular weight excluding hydrogens is 420 g/mol. The predicted molar refractivity (Wildman–Crippen MR) is 126 cm³/mol. The van der Waals surface area contributed by atoms with Gasteiger partial charge in [-0.3, -0.25) is 0 Å². The lowest BCUT2D eigenvalue weighted by Gasteiger charge is -2.16. The fourth-order valence-electron chi connectivity index (χ4n) is 3.34. The molecule has 33 heavy (non-hydrogen) atoms. The smallest absolute Gasteiger partial charge is 0.250 e. The van der Waals surface area contributed by atoms with Gasteiger partial charge in [0.15, 0.2) is 18.1 Å². The van der Waals surface area contributed by atoms with Crippen LogP contribution in [-0.4, -0.2) is 48.0 Å². The highest BCUT2D eigenvalue weighted by molar-refractivity contribution is 5.81. The summed E-state index contributed by atoms with van der Waals surface area (Å²) < 4.78 is 10.7. The van der Waals surface area contributed by atoms with Gasteiger partial charge in [-0.05, 0) is 48.7 Å². The molecule has 168 valence electrons. The van der Waals surface area contributed by atoms with Crippen molar-refractivity contribution < 1.29 is 9.47 Å². The molecule has 0 atom stereocenters. The van der Waals surface area contributed by atoms with Gasteiger partial charge in [-0.15, -0.1) is 0 Å². The molecule has 1 fully saturated rings. The van der Waals surface area contributed by atoms with Crippen LogP contribution < -0.4 is 25.1 Å². The zero-order valence-electron chi connectivity index (χ0n) is 18.2. The Hall–Kier alpha value is -4.39. The molecule has 0 radical (unpaired) electrons. The van der Waals surface area contributed by atoms with Gasteiger partial charge in [-0.1, -0.05) is 18.2 Å². The van der Waals surface area contributed by atoms with E-state index in [2.05, 4.69) is 35.7 Å². The van der Waals surface area contributed by atoms with E-state index in [0.29, 0.717) is 29.3 Å². The molecule has 1 aromatic heterocycles. The van der Waals surface area contributed by atoms with Crippen LogP contribution in [0, 0.1) is 11.3 Å². The molecule has 0 amide bonds. The topological polar surface area (TPSA) is 121 Å². The molecule has 4 rings (SSSR count). The fraction of sp³-hybridized carbons (Fsp3) is 0.261. The van der Waals surface area contributed by atoms with Crippen LogP contribution in [0.5, 0.6) is 11.5 Å². The Morgan fingerprint density at radius 1 is 1.06 bits per heavy atom. The van der Waals surface area contributed by atoms with Crippen LogP contribution in [0.2, 0.25) is 0 Å². The largest absolute Gasteiger partial charge is 0.493 e. The molecule has 2 heterocycles. The quantitative estimate of drug-likeness (QED) is 0.377. The molecule has 1 aliphatic rings. The number of hydrogen-bond acceptors (Lipinski definition) is 10. The van der Waals surface area contributed by atoms with Crippen LogP contribution in [0.15, 0.2) is 53.6 Å². The van der Waals surface area contributed by atoms with Crippen LogP contribution in [0.25, 0.3) is 0 Å². The molecule has 10 heteroatoms. The van der Waals surface area contributed by atoms with Gasteiger partial charge in [-0.2, -0.15) is 25.3 Å². The highest BCUT2D eigenvalue weighted by Crippen LogP contribution is 2.27. The highest BCUT2D eigenvalue weighted by Gasteiger charge is 2.17. The number of hydrogen-bond donors (Lipinski definition) is 2. The Balaban J connectivity index is 1.51. The predicted octanol–water partition coefficient (Wildman–Crippen LogP) is 3.57. The molecule has 0 unspecified atom stereocenters. The summed E-state index contributed by atoms with van der Waals surface area (Å²) in [6, 6.07) is 17.0. The molecule has 0 spiro atoms. The lowest BCUT2D eigenvalue weighted by molar-refractivity contribution is 0.329. The maximum Gasteiger partial charge on any atom is 0.250 e. The molecule has 1 saturated heterocycles. The summed E-state index contributed by atoms with van der Waals surface area (Å²) in [4.78, 5) is 15.7. The molecule has 0 aliphatic carbocycles. The maximum absolute atomic E-state index is 8.69. The first kappa shape index (κ1) is 21.8. The molecule has 0 saturated carbocycles. The van der Waals surface area contributed by atoms with Crippen molar-refractivity contribution in [3.05, 3.63) is 54.1 Å². The van der Waals surface area contributed by atoms with E-state index in [-0.39, 0.29) is 6.61 Å². The molecule has 2 aromatic carbocycles. The lowest BCUT2D eigenvalue weighted by Crippen LogP contribution is -2.21. The Labute approximate surface area is 191 Å². The molecule has 10 nitrogen and oxygen atoms in total. The van der Waals surface area contributed by atoms with Gasteiger partial charge in [0.1, 0.15) is 6.07 Å². The van der Waals surface area contributed by atoms with Gasteiger partial charge in [-0.25, -0.2) is 5.43 Å². The third kappa shape index (κ3) is 5.86. The third-order valence-electron chi connectivity index (χ3n) is 4.90. The summed E-state index contributed by atoms with van der Waals surface area (Å²) in [7, 11) is 1.54. The number of anilines is 4. The number of rotatable bonds is 9. The second-order valence-electron chi connectivity index (χ2n) is 7.19. The number of benzene rings is 2. The van der Waals surface area contributed by atoms with E-state index in [1.165, 1.54) is 0 Å². The second-order valence-corrected chi connectivity index (χ2v) is 7.19. The van der Waals surface area contributed by atoms with E-state index in [9.17, 15) is 0 Å². The molecular formula is C23H24N8O2. The van der Waals surface area contributed by atoms with Crippen LogP contribution in [0.1, 0.15) is 18.4 Å². The van der Waals surface area contributed by atoms with Crippen LogP contribution in [0.3, 0.4) is 0 Å². The van der Waals surface area contributed by atoms with Gasteiger partial charge >= 0.3 is 0 Å². The van der Waals surface area contributed by atoms with Gasteiger partial charge < -0.3 is 19.7 Å². The molecule has 1 aliphatic heterocycles. The van der Waals surface area contributed by atoms with Gasteiger partial charge in [0.2, 0.25) is 17.8 Å². The summed E-state index contributed by atoms with van der Waals surface area (Å²) >= 11 is 0. The minimum Gasteiger partial charge on any atom is -0.493 e. The maximum atomic E-state index is 8.69. The standard InChI is InChI=1S/C23H24N8O2/c1-32-20-15-17(9-10-19(20)33-14-11-24)16-25-30-22-27-21(26-18-7-3-2-4-8-18)28-23(29-22)31-12-5-6-13-31/h2-4,7-10,15-16H,5-6,12-14H2,1H3,(H2,26,27,28,29,30)/b25-16-. The molecule has 2 N–H and O–H groups in total. The van der Waals surface area contributed by atoms with Gasteiger partial charge in [0.25, 0.3) is 0 Å².